The van der Waals surface area contributed by atoms with Crippen LogP contribution in [0.25, 0.3) is 0 Å². The predicted octanol–water partition coefficient (Wildman–Crippen LogP) is 3.42. The molecule has 8 heteroatoms. The van der Waals surface area contributed by atoms with Crippen molar-refractivity contribution >= 4 is 15.7 Å². The zero-order valence-electron chi connectivity index (χ0n) is 17.3. The van der Waals surface area contributed by atoms with Crippen LogP contribution in [0.3, 0.4) is 0 Å². The van der Waals surface area contributed by atoms with E-state index in [1.54, 1.807) is 30.5 Å². The van der Waals surface area contributed by atoms with Crippen LogP contribution in [0.4, 0.5) is 0 Å². The van der Waals surface area contributed by atoms with Gasteiger partial charge in [0, 0.05) is 18.8 Å². The fraction of sp³-hybridized carbons (Fsp3) is 0.455. The van der Waals surface area contributed by atoms with Crippen molar-refractivity contribution in [3.63, 3.8) is 0 Å². The molecule has 1 aliphatic carbocycles. The molecule has 0 aliphatic heterocycles. The Morgan fingerprint density at radius 1 is 1.20 bits per heavy atom. The lowest BCUT2D eigenvalue weighted by Gasteiger charge is -2.36. The van der Waals surface area contributed by atoms with Crippen LogP contribution in [-0.4, -0.2) is 47.5 Å². The third kappa shape index (κ3) is 4.34. The molecule has 0 bridgehead atoms. The molecule has 1 unspecified atom stereocenters. The van der Waals surface area contributed by atoms with Gasteiger partial charge in [0.05, 0.1) is 18.0 Å². The summed E-state index contributed by atoms with van der Waals surface area (Å²) < 4.78 is 30.6. The van der Waals surface area contributed by atoms with Gasteiger partial charge in [0.15, 0.2) is 14.6 Å². The second kappa shape index (κ2) is 9.14. The number of nitrogens with zero attached hydrogens (tertiary/aromatic N) is 2. The number of pyridine rings is 1. The Morgan fingerprint density at radius 3 is 2.43 bits per heavy atom. The first-order chi connectivity index (χ1) is 14.3. The minimum Gasteiger partial charge on any atom is -0.497 e. The Labute approximate surface area is 177 Å². The van der Waals surface area contributed by atoms with E-state index in [0.717, 1.165) is 19.3 Å². The number of hydroxylamine groups is 2. The standard InChI is InChI=1S/C22H28N2O5S/c1-22(15-17-7-6-14-23-16-17,21(25)24(26)18-8-4-3-5-9-18)30(27,28)20-12-10-19(29-2)11-13-20/h6-7,10-14,16,18,26H,3-5,8-9,15H2,1-2H3. The maximum absolute atomic E-state index is 13.7. The summed E-state index contributed by atoms with van der Waals surface area (Å²) in [6, 6.07) is 8.98. The number of aromatic nitrogens is 1. The highest BCUT2D eigenvalue weighted by molar-refractivity contribution is 7.93. The SMILES string of the molecule is COc1ccc(S(=O)(=O)C(C)(Cc2cccnc2)C(=O)N(O)C2CCCCC2)cc1. The lowest BCUT2D eigenvalue weighted by Crippen LogP contribution is -2.55. The highest BCUT2D eigenvalue weighted by atomic mass is 32.2. The van der Waals surface area contributed by atoms with Crippen molar-refractivity contribution in [3.8, 4) is 5.75 Å². The average Bonchev–Trinajstić information content (AvgIpc) is 2.79. The van der Waals surface area contributed by atoms with Crippen LogP contribution in [0.15, 0.2) is 53.7 Å². The normalized spacial score (nSPS) is 17.2. The Hall–Kier alpha value is -2.45. The molecule has 2 aromatic rings. The minimum absolute atomic E-state index is 0.0000782. The second-order valence-corrected chi connectivity index (χ2v) is 10.3. The number of methoxy groups -OCH3 is 1. The maximum Gasteiger partial charge on any atom is 0.268 e. The monoisotopic (exact) mass is 432 g/mol. The number of carbonyl (C=O) groups excluding carboxylic acids is 1. The summed E-state index contributed by atoms with van der Waals surface area (Å²) in [7, 11) is -2.65. The Balaban J connectivity index is 2.02. The van der Waals surface area contributed by atoms with E-state index in [2.05, 4.69) is 4.98 Å². The highest BCUT2D eigenvalue weighted by Crippen LogP contribution is 2.34. The maximum atomic E-state index is 13.7. The van der Waals surface area contributed by atoms with E-state index in [9.17, 15) is 18.4 Å². The van der Waals surface area contributed by atoms with Gasteiger partial charge in [0.25, 0.3) is 5.91 Å². The summed E-state index contributed by atoms with van der Waals surface area (Å²) in [5.74, 6) is -0.297. The molecule has 1 saturated carbocycles. The van der Waals surface area contributed by atoms with E-state index in [-0.39, 0.29) is 17.4 Å². The quantitative estimate of drug-likeness (QED) is 0.532. The lowest BCUT2D eigenvalue weighted by molar-refractivity contribution is -0.181. The fourth-order valence-corrected chi connectivity index (χ4v) is 5.62. The van der Waals surface area contributed by atoms with Gasteiger partial charge in [0.1, 0.15) is 5.75 Å². The van der Waals surface area contributed by atoms with Gasteiger partial charge in [0.2, 0.25) is 0 Å². The van der Waals surface area contributed by atoms with E-state index in [4.69, 9.17) is 4.74 Å². The van der Waals surface area contributed by atoms with Crippen LogP contribution in [0.5, 0.6) is 5.75 Å². The molecule has 1 fully saturated rings. The third-order valence-electron chi connectivity index (χ3n) is 5.81. The molecule has 0 spiro atoms. The summed E-state index contributed by atoms with van der Waals surface area (Å²) in [6.07, 6.45) is 7.20. The van der Waals surface area contributed by atoms with E-state index in [1.807, 2.05) is 0 Å². The zero-order chi connectivity index (χ0) is 21.8. The van der Waals surface area contributed by atoms with Crippen molar-refractivity contribution in [2.45, 2.75) is 61.1 Å². The van der Waals surface area contributed by atoms with Crippen LogP contribution in [0.1, 0.15) is 44.6 Å². The smallest absolute Gasteiger partial charge is 0.268 e. The van der Waals surface area contributed by atoms with Crippen molar-refractivity contribution in [2.75, 3.05) is 7.11 Å². The van der Waals surface area contributed by atoms with Crippen LogP contribution in [0.2, 0.25) is 0 Å². The van der Waals surface area contributed by atoms with Crippen molar-refractivity contribution in [3.05, 3.63) is 54.4 Å². The Kier molecular flexibility index (Phi) is 6.77. The molecule has 7 nitrogen and oxygen atoms in total. The fourth-order valence-electron chi connectivity index (χ4n) is 3.93. The summed E-state index contributed by atoms with van der Waals surface area (Å²) >= 11 is 0. The Bertz CT molecular complexity index is 957. The Morgan fingerprint density at radius 2 is 1.87 bits per heavy atom. The van der Waals surface area contributed by atoms with Crippen molar-refractivity contribution in [2.24, 2.45) is 0 Å². The molecule has 3 rings (SSSR count). The van der Waals surface area contributed by atoms with Gasteiger partial charge in [-0.15, -0.1) is 0 Å². The molecule has 1 atom stereocenters. The lowest BCUT2D eigenvalue weighted by atomic mass is 9.93. The van der Waals surface area contributed by atoms with E-state index < -0.39 is 20.5 Å². The average molecular weight is 433 g/mol. The molecule has 1 N–H and O–H groups in total. The van der Waals surface area contributed by atoms with Gasteiger partial charge >= 0.3 is 0 Å². The number of sulfone groups is 1. The summed E-state index contributed by atoms with van der Waals surface area (Å²) in [5, 5.41) is 11.4. The number of hydrogen-bond donors (Lipinski definition) is 1. The highest BCUT2D eigenvalue weighted by Gasteiger charge is 2.50. The summed E-state index contributed by atoms with van der Waals surface area (Å²) in [5.41, 5.74) is 0.600. The first-order valence-corrected chi connectivity index (χ1v) is 11.6. The zero-order valence-corrected chi connectivity index (χ0v) is 18.1. The first kappa shape index (κ1) is 22.2. The van der Waals surface area contributed by atoms with Crippen LogP contribution < -0.4 is 4.74 Å². The van der Waals surface area contributed by atoms with E-state index >= 15 is 0 Å². The van der Waals surface area contributed by atoms with Crippen LogP contribution in [-0.2, 0) is 21.1 Å². The molecule has 1 amide bonds. The molecule has 1 aliphatic rings. The minimum atomic E-state index is -4.14. The molecule has 1 aromatic heterocycles. The summed E-state index contributed by atoms with van der Waals surface area (Å²) in [4.78, 5) is 17.5. The largest absolute Gasteiger partial charge is 0.497 e. The number of rotatable bonds is 7. The van der Waals surface area contributed by atoms with Crippen molar-refractivity contribution in [1.29, 1.82) is 0 Å². The topological polar surface area (TPSA) is 96.8 Å². The molecule has 1 aromatic carbocycles. The molecule has 0 saturated heterocycles. The second-order valence-electron chi connectivity index (χ2n) is 7.89. The molecule has 1 heterocycles. The number of hydrogen-bond acceptors (Lipinski definition) is 6. The van der Waals surface area contributed by atoms with Crippen molar-refractivity contribution in [1.82, 2.24) is 10.0 Å². The van der Waals surface area contributed by atoms with E-state index in [0.29, 0.717) is 29.2 Å². The molecule has 30 heavy (non-hydrogen) atoms. The molecular weight excluding hydrogens is 404 g/mol. The van der Waals surface area contributed by atoms with Crippen molar-refractivity contribution < 1.29 is 23.2 Å². The predicted molar refractivity (Wildman–Crippen MR) is 112 cm³/mol. The summed E-state index contributed by atoms with van der Waals surface area (Å²) in [6.45, 7) is 1.38. The molecule has 0 radical (unpaired) electrons. The van der Waals surface area contributed by atoms with E-state index in [1.165, 1.54) is 32.4 Å². The van der Waals surface area contributed by atoms with Crippen LogP contribution in [0, 0.1) is 0 Å². The van der Waals surface area contributed by atoms with Gasteiger partial charge in [-0.3, -0.25) is 15.0 Å². The first-order valence-electron chi connectivity index (χ1n) is 10.1. The van der Waals surface area contributed by atoms with Gasteiger partial charge in [-0.25, -0.2) is 13.5 Å². The van der Waals surface area contributed by atoms with Gasteiger partial charge in [-0.1, -0.05) is 25.3 Å². The van der Waals surface area contributed by atoms with Gasteiger partial charge in [-0.2, -0.15) is 0 Å². The number of ether oxygens (including phenoxy) is 1. The molecular formula is C22H28N2O5S. The third-order valence-corrected chi connectivity index (χ3v) is 8.21. The van der Waals surface area contributed by atoms with Crippen LogP contribution >= 0.6 is 0 Å². The number of benzene rings is 1. The number of carbonyl (C=O) groups is 1. The van der Waals surface area contributed by atoms with Gasteiger partial charge in [-0.05, 0) is 55.7 Å². The van der Waals surface area contributed by atoms with Gasteiger partial charge < -0.3 is 4.74 Å². The number of amides is 1. The molecule has 162 valence electrons.